The van der Waals surface area contributed by atoms with E-state index in [-0.39, 0.29) is 28.9 Å². The summed E-state index contributed by atoms with van der Waals surface area (Å²) >= 11 is 0. The molecule has 0 radical (unpaired) electrons. The molecular weight excluding hydrogens is 400 g/mol. The highest BCUT2D eigenvalue weighted by Crippen LogP contribution is 2.69. The van der Waals surface area contributed by atoms with E-state index in [1.54, 1.807) is 13.0 Å². The van der Waals surface area contributed by atoms with Gasteiger partial charge >= 0.3 is 5.97 Å². The van der Waals surface area contributed by atoms with Crippen LogP contribution in [0, 0.1) is 28.6 Å². The highest BCUT2D eigenvalue weighted by atomic mass is 16.6. The van der Waals surface area contributed by atoms with Crippen LogP contribution >= 0.6 is 0 Å². The largest absolute Gasteiger partial charge is 0.450 e. The number of hydrogen-bond donors (Lipinski definition) is 0. The molecule has 0 aromatic rings. The molecule has 0 aromatic heterocycles. The van der Waals surface area contributed by atoms with E-state index in [0.717, 1.165) is 42.4 Å². The van der Waals surface area contributed by atoms with Gasteiger partial charge in [-0.25, -0.2) is 0 Å². The van der Waals surface area contributed by atoms with E-state index in [1.165, 1.54) is 0 Å². The molecule has 6 atom stereocenters. The Morgan fingerprint density at radius 1 is 1.12 bits per heavy atom. The van der Waals surface area contributed by atoms with E-state index in [0.29, 0.717) is 36.7 Å². The van der Waals surface area contributed by atoms with Gasteiger partial charge in [0.25, 0.3) is 0 Å². The fraction of sp³-hybridized carbons (Fsp3) is 0.607. The monoisotopic (exact) mass is 436 g/mol. The van der Waals surface area contributed by atoms with E-state index >= 15 is 0 Å². The molecular formula is C28H36O4. The Bertz CT molecular complexity index is 983. The molecule has 3 fully saturated rings. The maximum atomic E-state index is 13.0. The van der Waals surface area contributed by atoms with Gasteiger partial charge in [-0.3, -0.25) is 14.4 Å². The van der Waals surface area contributed by atoms with Crippen LogP contribution < -0.4 is 0 Å². The van der Waals surface area contributed by atoms with Crippen LogP contribution in [0.3, 0.4) is 0 Å². The second-order valence-corrected chi connectivity index (χ2v) is 10.9. The lowest BCUT2D eigenvalue weighted by atomic mass is 9.44. The van der Waals surface area contributed by atoms with Gasteiger partial charge in [-0.15, -0.1) is 0 Å². The summed E-state index contributed by atoms with van der Waals surface area (Å²) in [6.07, 6.45) is 6.70. The lowest BCUT2D eigenvalue weighted by molar-refractivity contribution is -0.188. The summed E-state index contributed by atoms with van der Waals surface area (Å²) in [4.78, 5) is 38.1. The zero-order valence-corrected chi connectivity index (χ0v) is 20.0. The highest BCUT2D eigenvalue weighted by Gasteiger charge is 2.68. The normalized spacial score (nSPS) is 40.9. The van der Waals surface area contributed by atoms with Crippen molar-refractivity contribution in [1.29, 1.82) is 0 Å². The molecule has 0 bridgehead atoms. The number of Topliss-reactive ketones (excluding diaryl/α,β-unsaturated/α-hetero) is 1. The molecule has 0 amide bonds. The summed E-state index contributed by atoms with van der Waals surface area (Å²) in [6, 6.07) is 0. The molecule has 4 aliphatic rings. The predicted octanol–water partition coefficient (Wildman–Crippen LogP) is 5.69. The number of rotatable bonds is 4. The first-order valence-electron chi connectivity index (χ1n) is 12.0. The Balaban J connectivity index is 1.76. The van der Waals surface area contributed by atoms with Crippen LogP contribution in [0.5, 0.6) is 0 Å². The molecule has 4 rings (SSSR count). The smallest absolute Gasteiger partial charge is 0.306 e. The van der Waals surface area contributed by atoms with Crippen molar-refractivity contribution in [2.75, 3.05) is 0 Å². The van der Waals surface area contributed by atoms with Crippen molar-refractivity contribution >= 4 is 17.5 Å². The molecule has 0 saturated heterocycles. The van der Waals surface area contributed by atoms with Crippen molar-refractivity contribution < 1.29 is 19.1 Å². The number of esters is 1. The molecule has 3 saturated carbocycles. The summed E-state index contributed by atoms with van der Waals surface area (Å²) in [5, 5.41) is 0. The Morgan fingerprint density at radius 2 is 1.78 bits per heavy atom. The second-order valence-electron chi connectivity index (χ2n) is 10.9. The SMILES string of the molecule is C=C1C[C@@H]2[C@H](CC[C@@]3(C)[C@H]2CC[C@]3(OC(=O)CCC)C(C)=O)[C@@]2(C)C(=C)C(=C)C(=O)C=C12. The number of ether oxygens (including phenoxy) is 1. The van der Waals surface area contributed by atoms with Crippen LogP contribution in [0.1, 0.15) is 72.6 Å². The third-order valence-electron chi connectivity index (χ3n) is 9.60. The fourth-order valence-electron chi connectivity index (χ4n) is 7.83. The molecule has 4 aliphatic carbocycles. The molecule has 0 unspecified atom stereocenters. The molecule has 172 valence electrons. The average molecular weight is 437 g/mol. The third kappa shape index (κ3) is 2.77. The van der Waals surface area contributed by atoms with Crippen molar-refractivity contribution in [1.82, 2.24) is 0 Å². The van der Waals surface area contributed by atoms with E-state index < -0.39 is 11.0 Å². The third-order valence-corrected chi connectivity index (χ3v) is 9.60. The topological polar surface area (TPSA) is 60.4 Å². The van der Waals surface area contributed by atoms with Gasteiger partial charge in [-0.05, 0) is 80.4 Å². The number of fused-ring (bicyclic) bond motifs is 5. The van der Waals surface area contributed by atoms with Gasteiger partial charge in [0.15, 0.2) is 17.2 Å². The number of carbonyl (C=O) groups is 3. The summed E-state index contributed by atoms with van der Waals surface area (Å²) in [7, 11) is 0. The minimum Gasteiger partial charge on any atom is -0.450 e. The molecule has 0 heterocycles. The molecule has 4 heteroatoms. The van der Waals surface area contributed by atoms with Gasteiger partial charge in [0.1, 0.15) is 0 Å². The van der Waals surface area contributed by atoms with Gasteiger partial charge in [0, 0.05) is 22.8 Å². The maximum absolute atomic E-state index is 13.0. The van der Waals surface area contributed by atoms with E-state index in [2.05, 4.69) is 33.6 Å². The first-order valence-corrected chi connectivity index (χ1v) is 12.0. The van der Waals surface area contributed by atoms with Crippen LogP contribution in [0.15, 0.2) is 48.1 Å². The van der Waals surface area contributed by atoms with Crippen molar-refractivity contribution in [3.05, 3.63) is 48.1 Å². The van der Waals surface area contributed by atoms with Gasteiger partial charge in [0.05, 0.1) is 0 Å². The summed E-state index contributed by atoms with van der Waals surface area (Å²) in [5.41, 5.74) is 1.49. The second kappa shape index (κ2) is 7.40. The van der Waals surface area contributed by atoms with Crippen LogP contribution in [0.4, 0.5) is 0 Å². The van der Waals surface area contributed by atoms with Crippen molar-refractivity contribution in [2.24, 2.45) is 28.6 Å². The van der Waals surface area contributed by atoms with Crippen LogP contribution in [0.25, 0.3) is 0 Å². The van der Waals surface area contributed by atoms with Crippen LogP contribution in [0.2, 0.25) is 0 Å². The maximum Gasteiger partial charge on any atom is 0.306 e. The molecule has 0 spiro atoms. The lowest BCUT2D eigenvalue weighted by Crippen LogP contribution is -2.59. The van der Waals surface area contributed by atoms with E-state index in [4.69, 9.17) is 4.74 Å². The van der Waals surface area contributed by atoms with Crippen LogP contribution in [-0.4, -0.2) is 23.1 Å². The Labute approximate surface area is 191 Å². The van der Waals surface area contributed by atoms with E-state index in [1.807, 2.05) is 6.92 Å². The van der Waals surface area contributed by atoms with Crippen molar-refractivity contribution in [3.8, 4) is 0 Å². The minimum absolute atomic E-state index is 0.0344. The van der Waals surface area contributed by atoms with Gasteiger partial charge in [0.2, 0.25) is 0 Å². The number of ketones is 2. The Kier molecular flexibility index (Phi) is 5.30. The first kappa shape index (κ1) is 22.9. The van der Waals surface area contributed by atoms with Crippen LogP contribution in [-0.2, 0) is 19.1 Å². The molecule has 4 nitrogen and oxygen atoms in total. The van der Waals surface area contributed by atoms with Crippen molar-refractivity contribution in [3.63, 3.8) is 0 Å². The summed E-state index contributed by atoms with van der Waals surface area (Å²) in [5.74, 6) is 0.465. The van der Waals surface area contributed by atoms with Crippen molar-refractivity contribution in [2.45, 2.75) is 78.2 Å². The number of carbonyl (C=O) groups excluding carboxylic acids is 3. The Morgan fingerprint density at radius 3 is 2.41 bits per heavy atom. The summed E-state index contributed by atoms with van der Waals surface area (Å²) in [6.45, 7) is 20.6. The van der Waals surface area contributed by atoms with Gasteiger partial charge < -0.3 is 4.74 Å². The number of hydrogen-bond acceptors (Lipinski definition) is 4. The van der Waals surface area contributed by atoms with E-state index in [9.17, 15) is 14.4 Å². The van der Waals surface area contributed by atoms with Gasteiger partial charge in [-0.2, -0.15) is 0 Å². The fourth-order valence-corrected chi connectivity index (χ4v) is 7.83. The first-order chi connectivity index (χ1) is 14.9. The summed E-state index contributed by atoms with van der Waals surface area (Å²) < 4.78 is 6.07. The highest BCUT2D eigenvalue weighted by molar-refractivity contribution is 6.10. The molecule has 0 N–H and O–H groups in total. The standard InChI is InChI=1S/C28H36O4/c1-8-9-25(31)32-28(19(5)29)13-11-21-20-14-16(2)23-15-24(30)17(3)18(4)27(23,7)22(20)10-12-26(21,28)6/h15,20-22H,2-4,8-14H2,1,5-7H3/t20-,21-,22-,26-,27+,28-/m0/s1. The lowest BCUT2D eigenvalue weighted by Gasteiger charge is -2.60. The van der Waals surface area contributed by atoms with Gasteiger partial charge in [-0.1, -0.05) is 46.1 Å². The molecule has 0 aromatic carbocycles. The predicted molar refractivity (Wildman–Crippen MR) is 125 cm³/mol. The zero-order valence-electron chi connectivity index (χ0n) is 20.0. The molecule has 0 aliphatic heterocycles. The zero-order chi connectivity index (χ0) is 23.6. The number of allylic oxidation sites excluding steroid dienone is 4. The Hall–Kier alpha value is -2.23. The molecule has 32 heavy (non-hydrogen) atoms. The minimum atomic E-state index is -1.05. The quantitative estimate of drug-likeness (QED) is 0.420. The average Bonchev–Trinajstić information content (AvgIpc) is 3.02.